The number of nitrogens with zero attached hydrogens (tertiary/aromatic N) is 2. The minimum atomic E-state index is -0.125. The second kappa shape index (κ2) is 5.12. The van der Waals surface area contributed by atoms with Gasteiger partial charge in [0.25, 0.3) is 0 Å². The van der Waals surface area contributed by atoms with Crippen molar-refractivity contribution >= 4 is 33.9 Å². The van der Waals surface area contributed by atoms with Crippen molar-refractivity contribution in [3.63, 3.8) is 0 Å². The Labute approximate surface area is 103 Å². The quantitative estimate of drug-likeness (QED) is 0.612. The number of likely N-dealkylation sites (N-methyl/N-ethyl adjacent to an activating group) is 1. The number of aromatic nitrogens is 1. The maximum atomic E-state index is 11.3. The fourth-order valence-electron chi connectivity index (χ4n) is 1.61. The highest BCUT2D eigenvalue weighted by molar-refractivity contribution is 7.14. The molecule has 4 nitrogen and oxygen atoms in total. The first-order valence-corrected chi connectivity index (χ1v) is 6.49. The summed E-state index contributed by atoms with van der Waals surface area (Å²) >= 11 is 6.95. The van der Waals surface area contributed by atoms with Crippen LogP contribution in [0.4, 0.5) is 5.13 Å². The van der Waals surface area contributed by atoms with E-state index in [0.29, 0.717) is 11.7 Å². The van der Waals surface area contributed by atoms with E-state index in [9.17, 15) is 4.79 Å². The predicted molar refractivity (Wildman–Crippen MR) is 64.8 cm³/mol. The summed E-state index contributed by atoms with van der Waals surface area (Å²) in [6.45, 7) is 1.53. The van der Waals surface area contributed by atoms with E-state index in [1.165, 1.54) is 11.3 Å². The first-order chi connectivity index (χ1) is 7.72. The minimum absolute atomic E-state index is 0.0145. The first-order valence-electron chi connectivity index (χ1n) is 5.07. The third-order valence-corrected chi connectivity index (χ3v) is 3.83. The van der Waals surface area contributed by atoms with Gasteiger partial charge in [0.2, 0.25) is 0 Å². The molecule has 2 rings (SSSR count). The van der Waals surface area contributed by atoms with Gasteiger partial charge in [-0.15, -0.1) is 22.9 Å². The van der Waals surface area contributed by atoms with Crippen molar-refractivity contribution in [3.8, 4) is 0 Å². The molecule has 1 aromatic rings. The summed E-state index contributed by atoms with van der Waals surface area (Å²) in [5.41, 5.74) is 0.459. The van der Waals surface area contributed by atoms with Crippen LogP contribution in [-0.4, -0.2) is 43.0 Å². The van der Waals surface area contributed by atoms with Crippen LogP contribution >= 0.6 is 22.9 Å². The average Bonchev–Trinajstić information content (AvgIpc) is 2.97. The Kier molecular flexibility index (Phi) is 3.78. The maximum absolute atomic E-state index is 11.3. The van der Waals surface area contributed by atoms with Crippen LogP contribution in [0, 0.1) is 0 Å². The first kappa shape index (κ1) is 11.8. The van der Waals surface area contributed by atoms with Crippen LogP contribution in [0.5, 0.6) is 0 Å². The van der Waals surface area contributed by atoms with Gasteiger partial charge in [0.1, 0.15) is 5.69 Å². The van der Waals surface area contributed by atoms with Crippen molar-refractivity contribution in [2.75, 3.05) is 31.0 Å². The molecule has 1 saturated heterocycles. The summed E-state index contributed by atoms with van der Waals surface area (Å²) in [4.78, 5) is 17.7. The van der Waals surface area contributed by atoms with Crippen LogP contribution in [0.25, 0.3) is 0 Å². The van der Waals surface area contributed by atoms with Gasteiger partial charge >= 0.3 is 0 Å². The maximum Gasteiger partial charge on any atom is 0.196 e. The Bertz CT molecular complexity index is 377. The summed E-state index contributed by atoms with van der Waals surface area (Å²) in [6.07, 6.45) is 1.01. The molecule has 1 aliphatic rings. The summed E-state index contributed by atoms with van der Waals surface area (Å²) in [5.74, 6) is -0.139. The molecule has 16 heavy (non-hydrogen) atoms. The number of ketones is 1. The van der Waals surface area contributed by atoms with Gasteiger partial charge in [-0.2, -0.15) is 0 Å². The van der Waals surface area contributed by atoms with Gasteiger partial charge in [-0.25, -0.2) is 4.98 Å². The van der Waals surface area contributed by atoms with E-state index in [-0.39, 0.29) is 11.7 Å². The van der Waals surface area contributed by atoms with Crippen LogP contribution in [-0.2, 0) is 4.74 Å². The van der Waals surface area contributed by atoms with Gasteiger partial charge < -0.3 is 9.64 Å². The number of rotatable bonds is 4. The molecule has 0 aromatic carbocycles. The van der Waals surface area contributed by atoms with Crippen LogP contribution in [0.15, 0.2) is 5.38 Å². The zero-order chi connectivity index (χ0) is 11.5. The van der Waals surface area contributed by atoms with E-state index in [1.54, 1.807) is 5.38 Å². The smallest absolute Gasteiger partial charge is 0.196 e. The van der Waals surface area contributed by atoms with Crippen molar-refractivity contribution < 1.29 is 9.53 Å². The van der Waals surface area contributed by atoms with E-state index < -0.39 is 0 Å². The van der Waals surface area contributed by atoms with E-state index in [2.05, 4.69) is 9.88 Å². The number of halogens is 1. The van der Waals surface area contributed by atoms with Crippen molar-refractivity contribution in [3.05, 3.63) is 11.1 Å². The zero-order valence-electron chi connectivity index (χ0n) is 8.98. The Morgan fingerprint density at radius 3 is 3.25 bits per heavy atom. The molecule has 0 amide bonds. The SMILES string of the molecule is CN(c1nc(C(=O)CCl)cs1)C1CCOC1. The number of carbonyl (C=O) groups excluding carboxylic acids is 1. The second-order valence-electron chi connectivity index (χ2n) is 3.70. The number of carbonyl (C=O) groups is 1. The highest BCUT2D eigenvalue weighted by Crippen LogP contribution is 2.24. The molecule has 1 aliphatic heterocycles. The van der Waals surface area contributed by atoms with Crippen LogP contribution in [0.3, 0.4) is 0 Å². The van der Waals surface area contributed by atoms with Crippen molar-refractivity contribution in [1.82, 2.24) is 4.98 Å². The van der Waals surface area contributed by atoms with Gasteiger partial charge in [-0.1, -0.05) is 0 Å². The molecule has 6 heteroatoms. The largest absolute Gasteiger partial charge is 0.379 e. The molecule has 0 N–H and O–H groups in total. The highest BCUT2D eigenvalue weighted by Gasteiger charge is 2.23. The lowest BCUT2D eigenvalue weighted by Gasteiger charge is -2.21. The molecule has 0 saturated carbocycles. The van der Waals surface area contributed by atoms with E-state index in [1.807, 2.05) is 7.05 Å². The Morgan fingerprint density at radius 2 is 2.62 bits per heavy atom. The molecule has 1 aromatic heterocycles. The van der Waals surface area contributed by atoms with Gasteiger partial charge in [0.15, 0.2) is 10.9 Å². The number of Topliss-reactive ketones (excluding diaryl/α,β-unsaturated/α-hetero) is 1. The summed E-state index contributed by atoms with van der Waals surface area (Å²) < 4.78 is 5.32. The minimum Gasteiger partial charge on any atom is -0.379 e. The van der Waals surface area contributed by atoms with Crippen molar-refractivity contribution in [1.29, 1.82) is 0 Å². The Balaban J connectivity index is 2.08. The molecule has 88 valence electrons. The lowest BCUT2D eigenvalue weighted by molar-refractivity contribution is 0.101. The molecule has 1 atom stereocenters. The fourth-order valence-corrected chi connectivity index (χ4v) is 2.61. The Morgan fingerprint density at radius 1 is 1.81 bits per heavy atom. The average molecular weight is 261 g/mol. The fraction of sp³-hybridized carbons (Fsp3) is 0.600. The molecule has 0 radical (unpaired) electrons. The third kappa shape index (κ3) is 2.36. The van der Waals surface area contributed by atoms with Gasteiger partial charge in [-0.3, -0.25) is 4.79 Å². The van der Waals surface area contributed by atoms with Crippen LogP contribution in [0.1, 0.15) is 16.9 Å². The molecule has 0 spiro atoms. The summed E-state index contributed by atoms with van der Waals surface area (Å²) in [7, 11) is 1.98. The number of alkyl halides is 1. The lowest BCUT2D eigenvalue weighted by Crippen LogP contribution is -2.31. The van der Waals surface area contributed by atoms with Crippen molar-refractivity contribution in [2.45, 2.75) is 12.5 Å². The molecular formula is C10H13ClN2O2S. The number of anilines is 1. The lowest BCUT2D eigenvalue weighted by atomic mass is 10.2. The van der Waals surface area contributed by atoms with Crippen LogP contribution < -0.4 is 4.90 Å². The molecular weight excluding hydrogens is 248 g/mol. The molecule has 1 unspecified atom stereocenters. The van der Waals surface area contributed by atoms with E-state index in [0.717, 1.165) is 24.8 Å². The second-order valence-corrected chi connectivity index (χ2v) is 4.80. The van der Waals surface area contributed by atoms with Gasteiger partial charge in [-0.05, 0) is 6.42 Å². The predicted octanol–water partition coefficient (Wildman–Crippen LogP) is 1.79. The van der Waals surface area contributed by atoms with Crippen molar-refractivity contribution in [2.24, 2.45) is 0 Å². The van der Waals surface area contributed by atoms with Crippen LogP contribution in [0.2, 0.25) is 0 Å². The van der Waals surface area contributed by atoms with Gasteiger partial charge in [0, 0.05) is 19.0 Å². The third-order valence-electron chi connectivity index (χ3n) is 2.65. The zero-order valence-corrected chi connectivity index (χ0v) is 10.6. The topological polar surface area (TPSA) is 42.4 Å². The number of ether oxygens (including phenoxy) is 1. The van der Waals surface area contributed by atoms with E-state index >= 15 is 0 Å². The van der Waals surface area contributed by atoms with Gasteiger partial charge in [0.05, 0.1) is 18.5 Å². The molecule has 0 bridgehead atoms. The highest BCUT2D eigenvalue weighted by atomic mass is 35.5. The Hall–Kier alpha value is -0.650. The number of hydrogen-bond donors (Lipinski definition) is 0. The molecule has 0 aliphatic carbocycles. The van der Waals surface area contributed by atoms with E-state index in [4.69, 9.17) is 16.3 Å². The molecule has 1 fully saturated rings. The summed E-state index contributed by atoms with van der Waals surface area (Å²) in [6, 6.07) is 0.366. The molecule has 2 heterocycles. The normalized spacial score (nSPS) is 20.0. The number of thiazole rings is 1. The monoisotopic (exact) mass is 260 g/mol. The summed E-state index contributed by atoms with van der Waals surface area (Å²) in [5, 5.41) is 2.61. The number of hydrogen-bond acceptors (Lipinski definition) is 5. The standard InChI is InChI=1S/C10H13ClN2O2S/c1-13(7-2-3-15-5-7)10-12-8(6-16-10)9(14)4-11/h6-7H,2-5H2,1H3.